The Morgan fingerprint density at radius 3 is 2.50 bits per heavy atom. The normalized spacial score (nSPS) is 18.7. The Bertz CT molecular complexity index is 619. The molecule has 1 aliphatic rings. The predicted octanol–water partition coefficient (Wildman–Crippen LogP) is 3.22. The Labute approximate surface area is 142 Å². The van der Waals surface area contributed by atoms with Gasteiger partial charge in [0.05, 0.1) is 7.11 Å². The number of nitrogens with zero attached hydrogens (tertiary/aromatic N) is 1. The summed E-state index contributed by atoms with van der Waals surface area (Å²) in [6.45, 7) is 0. The van der Waals surface area contributed by atoms with Crippen LogP contribution in [-0.4, -0.2) is 35.7 Å². The monoisotopic (exact) mass is 329 g/mol. The van der Waals surface area contributed by atoms with Crippen molar-refractivity contribution in [2.24, 2.45) is 4.99 Å². The lowest BCUT2D eigenvalue weighted by Gasteiger charge is -2.23. The van der Waals surface area contributed by atoms with Crippen LogP contribution >= 0.6 is 0 Å². The van der Waals surface area contributed by atoms with Gasteiger partial charge in [0.2, 0.25) is 0 Å². The van der Waals surface area contributed by atoms with Gasteiger partial charge in [0, 0.05) is 19.1 Å². The summed E-state index contributed by atoms with van der Waals surface area (Å²) in [4.78, 5) is 27.7. The van der Waals surface area contributed by atoms with Crippen molar-refractivity contribution in [1.29, 1.82) is 0 Å². The standard InChI is InChI=1S/C19H23NO4/c1-24-16-9-7-15(8-10-16)14-17(21)19(12-5-13-20-19)11-4-2-3-6-18(22)23/h5,7-10,12-13H,2-4,6,11,14H2,1H3,(H,22,23). The number of benzene rings is 1. The minimum atomic E-state index is -0.789. The molecular formula is C19H23NO4. The number of rotatable bonds is 10. The van der Waals surface area contributed by atoms with Crippen molar-refractivity contribution in [2.45, 2.75) is 44.1 Å². The number of carboxylic acids is 1. The molecule has 1 heterocycles. The Kier molecular flexibility index (Phi) is 6.29. The third-order valence-electron chi connectivity index (χ3n) is 4.22. The second kappa shape index (κ2) is 8.43. The first kappa shape index (κ1) is 17.9. The first-order valence-corrected chi connectivity index (χ1v) is 8.17. The number of carbonyl (C=O) groups is 2. The fraction of sp³-hybridized carbons (Fsp3) is 0.421. The molecule has 0 saturated carbocycles. The number of allylic oxidation sites excluding steroid dienone is 1. The average molecular weight is 329 g/mol. The van der Waals surface area contributed by atoms with Gasteiger partial charge < -0.3 is 9.84 Å². The van der Waals surface area contributed by atoms with Gasteiger partial charge in [-0.25, -0.2) is 0 Å². The maximum absolute atomic E-state index is 12.8. The van der Waals surface area contributed by atoms with Gasteiger partial charge >= 0.3 is 5.97 Å². The van der Waals surface area contributed by atoms with Gasteiger partial charge in [0.1, 0.15) is 11.3 Å². The van der Waals surface area contributed by atoms with Crippen LogP contribution in [0.1, 0.15) is 37.7 Å². The Morgan fingerprint density at radius 1 is 1.17 bits per heavy atom. The fourth-order valence-corrected chi connectivity index (χ4v) is 2.80. The van der Waals surface area contributed by atoms with Crippen LogP contribution in [0, 0.1) is 0 Å². The molecule has 1 atom stereocenters. The predicted molar refractivity (Wildman–Crippen MR) is 92.8 cm³/mol. The molecule has 1 unspecified atom stereocenters. The second-order valence-electron chi connectivity index (χ2n) is 5.96. The largest absolute Gasteiger partial charge is 0.497 e. The average Bonchev–Trinajstić information content (AvgIpc) is 3.05. The van der Waals surface area contributed by atoms with Crippen LogP contribution in [0.15, 0.2) is 41.4 Å². The summed E-state index contributed by atoms with van der Waals surface area (Å²) in [5.41, 5.74) is 0.143. The van der Waals surface area contributed by atoms with Crippen molar-refractivity contribution in [1.82, 2.24) is 0 Å². The SMILES string of the molecule is COc1ccc(CC(=O)C2(CCCCCC(=O)O)C=CC=N2)cc1. The zero-order chi connectivity index (χ0) is 17.4. The molecule has 5 nitrogen and oxygen atoms in total. The van der Waals surface area contributed by atoms with Crippen LogP contribution in [0.4, 0.5) is 0 Å². The van der Waals surface area contributed by atoms with Gasteiger partial charge in [-0.3, -0.25) is 14.6 Å². The number of methoxy groups -OCH3 is 1. The highest BCUT2D eigenvalue weighted by Crippen LogP contribution is 2.28. The second-order valence-corrected chi connectivity index (χ2v) is 5.96. The van der Waals surface area contributed by atoms with Crippen LogP contribution in [0.3, 0.4) is 0 Å². The number of carboxylic acid groups (broad SMARTS) is 1. The highest BCUT2D eigenvalue weighted by atomic mass is 16.5. The van der Waals surface area contributed by atoms with Gasteiger partial charge in [0.25, 0.3) is 0 Å². The lowest BCUT2D eigenvalue weighted by atomic mass is 9.85. The molecule has 0 aromatic heterocycles. The molecule has 1 aromatic carbocycles. The minimum absolute atomic E-state index is 0.0656. The van der Waals surface area contributed by atoms with E-state index in [2.05, 4.69) is 4.99 Å². The summed E-state index contributed by atoms with van der Waals surface area (Å²) in [6, 6.07) is 7.46. The lowest BCUT2D eigenvalue weighted by molar-refractivity contribution is -0.137. The molecule has 1 N–H and O–H groups in total. The summed E-state index contributed by atoms with van der Waals surface area (Å²) in [7, 11) is 1.61. The number of hydrogen-bond acceptors (Lipinski definition) is 4. The molecule has 2 rings (SSSR count). The topological polar surface area (TPSA) is 76.0 Å². The molecule has 0 spiro atoms. The summed E-state index contributed by atoms with van der Waals surface area (Å²) < 4.78 is 5.13. The zero-order valence-corrected chi connectivity index (χ0v) is 13.9. The first-order valence-electron chi connectivity index (χ1n) is 8.17. The van der Waals surface area contributed by atoms with Crippen molar-refractivity contribution >= 4 is 18.0 Å². The van der Waals surface area contributed by atoms with Crippen molar-refractivity contribution in [3.05, 3.63) is 42.0 Å². The molecule has 1 aliphatic heterocycles. The number of carbonyl (C=O) groups excluding carboxylic acids is 1. The van der Waals surface area contributed by atoms with E-state index in [-0.39, 0.29) is 12.2 Å². The van der Waals surface area contributed by atoms with Gasteiger partial charge in [-0.2, -0.15) is 0 Å². The van der Waals surface area contributed by atoms with E-state index >= 15 is 0 Å². The summed E-state index contributed by atoms with van der Waals surface area (Å²) in [6.07, 6.45) is 8.64. The quantitative estimate of drug-likeness (QED) is 0.669. The summed E-state index contributed by atoms with van der Waals surface area (Å²) in [5.74, 6) is 0.0492. The number of hydrogen-bond donors (Lipinski definition) is 1. The van der Waals surface area contributed by atoms with E-state index in [9.17, 15) is 9.59 Å². The third kappa shape index (κ3) is 4.78. The van der Waals surface area contributed by atoms with Crippen molar-refractivity contribution in [3.8, 4) is 5.75 Å². The Hall–Kier alpha value is -2.43. The van der Waals surface area contributed by atoms with Crippen molar-refractivity contribution in [2.75, 3.05) is 7.11 Å². The summed E-state index contributed by atoms with van der Waals surface area (Å²) in [5, 5.41) is 8.67. The molecule has 128 valence electrons. The molecule has 0 saturated heterocycles. The smallest absolute Gasteiger partial charge is 0.303 e. The molecule has 0 aliphatic carbocycles. The van der Waals surface area contributed by atoms with Gasteiger partial charge in [-0.1, -0.05) is 25.0 Å². The van der Waals surface area contributed by atoms with Crippen LogP contribution < -0.4 is 4.74 Å². The van der Waals surface area contributed by atoms with Crippen LogP contribution in [0.2, 0.25) is 0 Å². The van der Waals surface area contributed by atoms with Crippen molar-refractivity contribution < 1.29 is 19.4 Å². The van der Waals surface area contributed by atoms with E-state index in [0.717, 1.165) is 24.2 Å². The highest BCUT2D eigenvalue weighted by molar-refractivity contribution is 5.97. The number of Topliss-reactive ketones (excluding diaryl/α,β-unsaturated/α-hetero) is 1. The zero-order valence-electron chi connectivity index (χ0n) is 13.9. The van der Waals surface area contributed by atoms with Gasteiger partial charge in [0.15, 0.2) is 5.78 Å². The highest BCUT2D eigenvalue weighted by Gasteiger charge is 2.35. The lowest BCUT2D eigenvalue weighted by Crippen LogP contribution is -2.34. The Morgan fingerprint density at radius 2 is 1.92 bits per heavy atom. The van der Waals surface area contributed by atoms with Crippen LogP contribution in [-0.2, 0) is 16.0 Å². The van der Waals surface area contributed by atoms with Gasteiger partial charge in [-0.15, -0.1) is 0 Å². The van der Waals surface area contributed by atoms with Gasteiger partial charge in [-0.05, 0) is 42.7 Å². The van der Waals surface area contributed by atoms with E-state index in [1.165, 1.54) is 0 Å². The number of ketones is 1. The van der Waals surface area contributed by atoms with Crippen molar-refractivity contribution in [3.63, 3.8) is 0 Å². The molecular weight excluding hydrogens is 306 g/mol. The number of unbranched alkanes of at least 4 members (excludes halogenated alkanes) is 2. The van der Waals surface area contributed by atoms with E-state index in [0.29, 0.717) is 19.3 Å². The molecule has 24 heavy (non-hydrogen) atoms. The van der Waals surface area contributed by atoms with E-state index < -0.39 is 11.5 Å². The number of ether oxygens (including phenoxy) is 1. The maximum atomic E-state index is 12.8. The van der Waals surface area contributed by atoms with Crippen LogP contribution in [0.25, 0.3) is 0 Å². The van der Waals surface area contributed by atoms with E-state index in [1.807, 2.05) is 36.4 Å². The molecule has 0 bridgehead atoms. The van der Waals surface area contributed by atoms with E-state index in [1.54, 1.807) is 13.3 Å². The third-order valence-corrected chi connectivity index (χ3v) is 4.22. The number of aliphatic imine (C=N–C) groups is 1. The van der Waals surface area contributed by atoms with Crippen LogP contribution in [0.5, 0.6) is 5.75 Å². The summed E-state index contributed by atoms with van der Waals surface area (Å²) >= 11 is 0. The maximum Gasteiger partial charge on any atom is 0.303 e. The molecule has 5 heteroatoms. The molecule has 0 amide bonds. The molecule has 0 fully saturated rings. The molecule has 1 aromatic rings. The fourth-order valence-electron chi connectivity index (χ4n) is 2.80. The Balaban J connectivity index is 1.93. The molecule has 0 radical (unpaired) electrons. The first-order chi connectivity index (χ1) is 11.6. The number of aliphatic carboxylic acids is 1. The minimum Gasteiger partial charge on any atom is -0.497 e. The van der Waals surface area contributed by atoms with E-state index in [4.69, 9.17) is 9.84 Å².